The Labute approximate surface area is 80.9 Å². The third-order valence-electron chi connectivity index (χ3n) is 1.26. The first kappa shape index (κ1) is 12.0. The van der Waals surface area contributed by atoms with Crippen LogP contribution in [0.4, 0.5) is 4.79 Å². The van der Waals surface area contributed by atoms with E-state index in [1.165, 1.54) is 13.3 Å². The molecule has 6 nitrogen and oxygen atoms in total. The van der Waals surface area contributed by atoms with Crippen LogP contribution in [0.25, 0.3) is 0 Å². The summed E-state index contributed by atoms with van der Waals surface area (Å²) in [6.07, 6.45) is 4.18. The number of hydrazone groups is 1. The van der Waals surface area contributed by atoms with Crippen LogP contribution >= 0.6 is 0 Å². The maximum absolute atomic E-state index is 10.5. The highest BCUT2D eigenvalue weighted by atomic mass is 16.5. The molecule has 0 bridgehead atoms. The second-order valence-corrected chi connectivity index (χ2v) is 2.14. The van der Waals surface area contributed by atoms with Gasteiger partial charge in [-0.1, -0.05) is 0 Å². The number of carbonyl (C=O) groups is 1. The van der Waals surface area contributed by atoms with E-state index in [-0.39, 0.29) is 5.48 Å². The van der Waals surface area contributed by atoms with Crippen molar-refractivity contribution in [2.24, 2.45) is 5.10 Å². The first-order valence-corrected chi connectivity index (χ1v) is 3.60. The van der Waals surface area contributed by atoms with Crippen molar-refractivity contribution < 1.29 is 15.0 Å². The Morgan fingerprint density at radius 2 is 2.21 bits per heavy atom. The van der Waals surface area contributed by atoms with Gasteiger partial charge in [-0.2, -0.15) is 5.10 Å². The van der Waals surface area contributed by atoms with Gasteiger partial charge in [-0.15, -0.1) is 0 Å². The van der Waals surface area contributed by atoms with Crippen molar-refractivity contribution in [2.75, 3.05) is 7.11 Å². The number of ether oxygens (including phenoxy) is 1. The zero-order valence-corrected chi connectivity index (χ0v) is 7.60. The van der Waals surface area contributed by atoms with E-state index < -0.39 is 6.09 Å². The molecule has 1 aromatic heterocycles. The third kappa shape index (κ3) is 4.17. The van der Waals surface area contributed by atoms with Crippen LogP contribution in [0.15, 0.2) is 29.6 Å². The van der Waals surface area contributed by atoms with E-state index in [4.69, 9.17) is 0 Å². The van der Waals surface area contributed by atoms with Gasteiger partial charge in [0.2, 0.25) is 0 Å². The van der Waals surface area contributed by atoms with E-state index in [1.54, 1.807) is 24.5 Å². The predicted molar refractivity (Wildman–Crippen MR) is 51.0 cm³/mol. The summed E-state index contributed by atoms with van der Waals surface area (Å²) in [7, 11) is 1.28. The van der Waals surface area contributed by atoms with Crippen LogP contribution in [0.3, 0.4) is 0 Å². The van der Waals surface area contributed by atoms with E-state index in [0.717, 1.165) is 5.56 Å². The van der Waals surface area contributed by atoms with Crippen LogP contribution in [0.1, 0.15) is 5.56 Å². The number of nitrogens with one attached hydrogen (secondary N) is 1. The molecule has 1 heterocycles. The molecule has 1 aromatic rings. The van der Waals surface area contributed by atoms with Gasteiger partial charge in [-0.25, -0.2) is 10.2 Å². The minimum atomic E-state index is -0.592. The lowest BCUT2D eigenvalue weighted by atomic mass is 10.3. The van der Waals surface area contributed by atoms with Crippen LogP contribution in [0.2, 0.25) is 0 Å². The molecule has 0 aliphatic rings. The molecule has 0 unspecified atom stereocenters. The first-order chi connectivity index (χ1) is 6.33. The van der Waals surface area contributed by atoms with Gasteiger partial charge in [-0.3, -0.25) is 4.98 Å². The van der Waals surface area contributed by atoms with Crippen molar-refractivity contribution in [2.45, 2.75) is 0 Å². The Bertz CT molecular complexity index is 300. The summed E-state index contributed by atoms with van der Waals surface area (Å²) in [6, 6.07) is 3.53. The fourth-order valence-electron chi connectivity index (χ4n) is 0.655. The summed E-state index contributed by atoms with van der Waals surface area (Å²) in [5.74, 6) is 0. The summed E-state index contributed by atoms with van der Waals surface area (Å²) in [6.45, 7) is 0. The molecule has 0 radical (unpaired) electrons. The number of methoxy groups -OCH3 is 1. The van der Waals surface area contributed by atoms with E-state index >= 15 is 0 Å². The molecule has 0 spiro atoms. The molecule has 0 aliphatic heterocycles. The largest absolute Gasteiger partial charge is 0.452 e. The van der Waals surface area contributed by atoms with E-state index in [1.807, 2.05) is 0 Å². The number of carbonyl (C=O) groups excluding carboxylic acids is 1. The Morgan fingerprint density at radius 3 is 2.79 bits per heavy atom. The minimum Gasteiger partial charge on any atom is -0.452 e. The highest BCUT2D eigenvalue weighted by Crippen LogP contribution is 1.89. The topological polar surface area (TPSA) is 95.1 Å². The molecule has 1 rings (SSSR count). The Kier molecular flexibility index (Phi) is 5.64. The van der Waals surface area contributed by atoms with Gasteiger partial charge in [0.15, 0.2) is 0 Å². The van der Waals surface area contributed by atoms with E-state index in [9.17, 15) is 4.79 Å². The van der Waals surface area contributed by atoms with Crippen molar-refractivity contribution in [1.29, 1.82) is 0 Å². The minimum absolute atomic E-state index is 0. The number of rotatable bonds is 2. The van der Waals surface area contributed by atoms with Crippen LogP contribution in [0.5, 0.6) is 0 Å². The Balaban J connectivity index is 0.00000169. The highest BCUT2D eigenvalue weighted by Gasteiger charge is 1.91. The number of pyridine rings is 1. The number of hydrogen-bond acceptors (Lipinski definition) is 4. The summed E-state index contributed by atoms with van der Waals surface area (Å²) in [4.78, 5) is 14.4. The monoisotopic (exact) mass is 197 g/mol. The molecule has 1 amide bonds. The van der Waals surface area contributed by atoms with Crippen molar-refractivity contribution >= 4 is 12.3 Å². The number of hydrogen-bond donors (Lipinski definition) is 1. The summed E-state index contributed by atoms with van der Waals surface area (Å²) < 4.78 is 4.31. The van der Waals surface area contributed by atoms with E-state index in [0.29, 0.717) is 0 Å². The molecule has 0 atom stereocenters. The van der Waals surface area contributed by atoms with Crippen molar-refractivity contribution in [3.8, 4) is 0 Å². The number of aromatic nitrogens is 1. The van der Waals surface area contributed by atoms with Crippen LogP contribution in [0, 0.1) is 0 Å². The standard InChI is InChI=1S/C8H9N3O2.H2O/c1-13-8(12)11-10-6-7-2-4-9-5-3-7;/h2-6H,1H3,(H,11,12);1H2. The van der Waals surface area contributed by atoms with Gasteiger partial charge < -0.3 is 10.2 Å². The normalized spacial score (nSPS) is 9.21. The van der Waals surface area contributed by atoms with Crippen molar-refractivity contribution in [3.63, 3.8) is 0 Å². The molecule has 0 aromatic carbocycles. The van der Waals surface area contributed by atoms with Gasteiger partial charge in [0.25, 0.3) is 0 Å². The fourth-order valence-corrected chi connectivity index (χ4v) is 0.655. The van der Waals surface area contributed by atoms with Gasteiger partial charge >= 0.3 is 6.09 Å². The van der Waals surface area contributed by atoms with E-state index in [2.05, 4.69) is 20.2 Å². The second kappa shape index (κ2) is 6.55. The lowest BCUT2D eigenvalue weighted by Gasteiger charge is -1.94. The van der Waals surface area contributed by atoms with Gasteiger partial charge in [0, 0.05) is 12.4 Å². The average Bonchev–Trinajstić information content (AvgIpc) is 2.19. The van der Waals surface area contributed by atoms with Crippen LogP contribution < -0.4 is 5.43 Å². The first-order valence-electron chi connectivity index (χ1n) is 3.60. The third-order valence-corrected chi connectivity index (χ3v) is 1.26. The fraction of sp³-hybridized carbons (Fsp3) is 0.125. The molecule has 3 N–H and O–H groups in total. The van der Waals surface area contributed by atoms with Gasteiger partial charge in [0.1, 0.15) is 0 Å². The lowest BCUT2D eigenvalue weighted by molar-refractivity contribution is 0.171. The van der Waals surface area contributed by atoms with Crippen molar-refractivity contribution in [3.05, 3.63) is 30.1 Å². The smallest absolute Gasteiger partial charge is 0.427 e. The molecule has 0 fully saturated rings. The number of amides is 1. The molecule has 0 saturated heterocycles. The summed E-state index contributed by atoms with van der Waals surface area (Å²) >= 11 is 0. The van der Waals surface area contributed by atoms with Crippen LogP contribution in [-0.2, 0) is 4.74 Å². The number of nitrogens with zero attached hydrogens (tertiary/aromatic N) is 2. The van der Waals surface area contributed by atoms with Crippen molar-refractivity contribution in [1.82, 2.24) is 10.4 Å². The summed E-state index contributed by atoms with van der Waals surface area (Å²) in [5.41, 5.74) is 3.02. The Morgan fingerprint density at radius 1 is 1.57 bits per heavy atom. The molecular formula is C8H11N3O3. The second-order valence-electron chi connectivity index (χ2n) is 2.14. The molecule has 6 heteroatoms. The maximum Gasteiger partial charge on any atom is 0.427 e. The molecule has 76 valence electrons. The van der Waals surface area contributed by atoms with Crippen LogP contribution in [-0.4, -0.2) is 29.9 Å². The summed E-state index contributed by atoms with van der Waals surface area (Å²) in [5, 5.41) is 3.64. The molecule has 0 aliphatic carbocycles. The SMILES string of the molecule is COC(=O)NN=Cc1ccncc1.O. The molecular weight excluding hydrogens is 186 g/mol. The zero-order valence-electron chi connectivity index (χ0n) is 7.60. The predicted octanol–water partition coefficient (Wildman–Crippen LogP) is -0.0532. The quantitative estimate of drug-likeness (QED) is 0.531. The average molecular weight is 197 g/mol. The molecule has 0 saturated carbocycles. The molecule has 14 heavy (non-hydrogen) atoms. The Hall–Kier alpha value is -1.95. The highest BCUT2D eigenvalue weighted by molar-refractivity contribution is 5.80. The lowest BCUT2D eigenvalue weighted by Crippen LogP contribution is -2.16. The van der Waals surface area contributed by atoms with Gasteiger partial charge in [-0.05, 0) is 17.7 Å². The maximum atomic E-state index is 10.5. The zero-order chi connectivity index (χ0) is 9.52. The van der Waals surface area contributed by atoms with Gasteiger partial charge in [0.05, 0.1) is 13.3 Å².